The minimum absolute atomic E-state index is 0.0330. The smallest absolute Gasteiger partial charge is 0.319 e. The van der Waals surface area contributed by atoms with E-state index in [9.17, 15) is 9.59 Å². The van der Waals surface area contributed by atoms with Crippen LogP contribution in [0.1, 0.15) is 31.4 Å². The van der Waals surface area contributed by atoms with Crippen molar-refractivity contribution in [2.24, 2.45) is 0 Å². The number of rotatable bonds is 6. The van der Waals surface area contributed by atoms with Crippen molar-refractivity contribution >= 4 is 23.3 Å². The Morgan fingerprint density at radius 2 is 1.79 bits per heavy atom. The van der Waals surface area contributed by atoms with E-state index >= 15 is 0 Å². The number of carbonyl (C=O) groups excluding carboxylic acids is 2. The molecule has 1 aliphatic heterocycles. The van der Waals surface area contributed by atoms with E-state index in [1.165, 1.54) is 18.1 Å². The lowest BCUT2D eigenvalue weighted by molar-refractivity contribution is -0.116. The number of amides is 3. The molecule has 3 rings (SSSR count). The van der Waals surface area contributed by atoms with Gasteiger partial charge in [0.25, 0.3) is 0 Å². The van der Waals surface area contributed by atoms with Gasteiger partial charge in [0.2, 0.25) is 5.91 Å². The first-order valence-corrected chi connectivity index (χ1v) is 10.2. The number of hydrogen-bond donors (Lipinski definition) is 2. The Balaban J connectivity index is 1.51. The van der Waals surface area contributed by atoms with Gasteiger partial charge in [-0.1, -0.05) is 31.2 Å². The van der Waals surface area contributed by atoms with Gasteiger partial charge >= 0.3 is 6.03 Å². The van der Waals surface area contributed by atoms with Crippen LogP contribution in [0.4, 0.5) is 16.2 Å². The van der Waals surface area contributed by atoms with E-state index in [2.05, 4.69) is 46.7 Å². The van der Waals surface area contributed by atoms with Crippen molar-refractivity contribution in [3.05, 3.63) is 59.7 Å². The topological polar surface area (TPSA) is 64.7 Å². The average molecular weight is 395 g/mol. The van der Waals surface area contributed by atoms with E-state index in [4.69, 9.17) is 0 Å². The van der Waals surface area contributed by atoms with E-state index in [0.29, 0.717) is 18.3 Å². The lowest BCUT2D eigenvalue weighted by Gasteiger charge is -2.35. The molecule has 0 bridgehead atoms. The minimum atomic E-state index is -0.214. The van der Waals surface area contributed by atoms with Gasteiger partial charge in [-0.15, -0.1) is 0 Å². The van der Waals surface area contributed by atoms with Gasteiger partial charge in [0, 0.05) is 51.0 Å². The molecule has 1 atom stereocenters. The molecule has 29 heavy (non-hydrogen) atoms. The second-order valence-electron chi connectivity index (χ2n) is 7.51. The third kappa shape index (κ3) is 5.35. The van der Waals surface area contributed by atoms with Gasteiger partial charge in [0.05, 0.1) is 0 Å². The van der Waals surface area contributed by atoms with Crippen LogP contribution < -0.4 is 15.5 Å². The van der Waals surface area contributed by atoms with Crippen molar-refractivity contribution < 1.29 is 9.59 Å². The lowest BCUT2D eigenvalue weighted by atomic mass is 9.98. The molecule has 2 N–H and O–H groups in total. The Kier molecular flexibility index (Phi) is 6.88. The number of nitrogens with zero attached hydrogens (tertiary/aromatic N) is 2. The molecule has 6 heteroatoms. The van der Waals surface area contributed by atoms with Crippen molar-refractivity contribution in [1.82, 2.24) is 10.2 Å². The second-order valence-corrected chi connectivity index (χ2v) is 7.51. The zero-order valence-electron chi connectivity index (χ0n) is 17.4. The van der Waals surface area contributed by atoms with Crippen LogP contribution >= 0.6 is 0 Å². The fourth-order valence-electron chi connectivity index (χ4n) is 3.70. The quantitative estimate of drug-likeness (QED) is 0.786. The molecule has 0 saturated carbocycles. The van der Waals surface area contributed by atoms with E-state index in [1.807, 2.05) is 12.1 Å². The monoisotopic (exact) mass is 394 g/mol. The first-order valence-electron chi connectivity index (χ1n) is 10.2. The molecule has 1 heterocycles. The second kappa shape index (κ2) is 9.56. The van der Waals surface area contributed by atoms with Gasteiger partial charge < -0.3 is 15.5 Å². The summed E-state index contributed by atoms with van der Waals surface area (Å²) in [5.41, 5.74) is 4.31. The van der Waals surface area contributed by atoms with Crippen LogP contribution in [-0.4, -0.2) is 43.0 Å². The van der Waals surface area contributed by atoms with Gasteiger partial charge in [-0.05, 0) is 48.2 Å². The summed E-state index contributed by atoms with van der Waals surface area (Å²) in [5, 5.41) is 5.87. The summed E-state index contributed by atoms with van der Waals surface area (Å²) < 4.78 is 0. The van der Waals surface area contributed by atoms with Crippen LogP contribution in [0.5, 0.6) is 0 Å². The molecule has 2 aromatic rings. The highest BCUT2D eigenvalue weighted by Crippen LogP contribution is 2.21. The Morgan fingerprint density at radius 1 is 1.10 bits per heavy atom. The van der Waals surface area contributed by atoms with Gasteiger partial charge in [0.1, 0.15) is 0 Å². The van der Waals surface area contributed by atoms with Crippen molar-refractivity contribution in [2.75, 3.05) is 30.4 Å². The number of nitrogens with one attached hydrogen (secondary N) is 2. The van der Waals surface area contributed by atoms with Crippen molar-refractivity contribution in [3.8, 4) is 0 Å². The van der Waals surface area contributed by atoms with Crippen molar-refractivity contribution in [3.63, 3.8) is 0 Å². The molecule has 3 amide bonds. The Morgan fingerprint density at radius 3 is 2.45 bits per heavy atom. The number of anilines is 2. The maximum absolute atomic E-state index is 12.3. The highest BCUT2D eigenvalue weighted by Gasteiger charge is 2.22. The summed E-state index contributed by atoms with van der Waals surface area (Å²) in [6.45, 7) is 6.24. The highest BCUT2D eigenvalue weighted by atomic mass is 16.2. The van der Waals surface area contributed by atoms with Gasteiger partial charge in [-0.25, -0.2) is 4.79 Å². The van der Waals surface area contributed by atoms with Crippen LogP contribution in [0, 0.1) is 0 Å². The number of fused-ring (bicyclic) bond motifs is 1. The number of benzene rings is 2. The SMILES string of the molecule is CCC(CNC(=O)Nc1ccc(N(C)C(C)=O)cc1)N1CCc2ccccc2C1. The van der Waals surface area contributed by atoms with E-state index < -0.39 is 0 Å². The first-order chi connectivity index (χ1) is 14.0. The normalized spacial score (nSPS) is 14.6. The van der Waals surface area contributed by atoms with E-state index in [1.54, 1.807) is 24.1 Å². The zero-order valence-corrected chi connectivity index (χ0v) is 17.4. The number of urea groups is 1. The number of carbonyl (C=O) groups is 2. The predicted molar refractivity (Wildman–Crippen MR) is 117 cm³/mol. The molecule has 0 radical (unpaired) electrons. The summed E-state index contributed by atoms with van der Waals surface area (Å²) >= 11 is 0. The molecule has 0 saturated heterocycles. The summed E-state index contributed by atoms with van der Waals surface area (Å²) in [5.74, 6) is -0.0330. The first kappa shape index (κ1) is 20.9. The maximum atomic E-state index is 12.3. The van der Waals surface area contributed by atoms with E-state index in [-0.39, 0.29) is 11.9 Å². The average Bonchev–Trinajstić information content (AvgIpc) is 2.74. The van der Waals surface area contributed by atoms with Crippen molar-refractivity contribution in [1.29, 1.82) is 0 Å². The molecule has 0 aliphatic carbocycles. The fraction of sp³-hybridized carbons (Fsp3) is 0.391. The molecular formula is C23H30N4O2. The fourth-order valence-corrected chi connectivity index (χ4v) is 3.70. The molecular weight excluding hydrogens is 364 g/mol. The molecule has 0 spiro atoms. The molecule has 1 aliphatic rings. The largest absolute Gasteiger partial charge is 0.336 e. The summed E-state index contributed by atoms with van der Waals surface area (Å²) in [6.07, 6.45) is 2.04. The van der Waals surface area contributed by atoms with Crippen molar-refractivity contribution in [2.45, 2.75) is 39.3 Å². The van der Waals surface area contributed by atoms with Gasteiger partial charge in [0.15, 0.2) is 0 Å². The minimum Gasteiger partial charge on any atom is -0.336 e. The highest BCUT2D eigenvalue weighted by molar-refractivity contribution is 5.92. The third-order valence-electron chi connectivity index (χ3n) is 5.63. The molecule has 0 aromatic heterocycles. The van der Waals surface area contributed by atoms with Crippen LogP contribution in [0.3, 0.4) is 0 Å². The van der Waals surface area contributed by atoms with Crippen LogP contribution in [0.15, 0.2) is 48.5 Å². The molecule has 1 unspecified atom stereocenters. The van der Waals surface area contributed by atoms with Gasteiger partial charge in [-0.3, -0.25) is 9.69 Å². The molecule has 6 nitrogen and oxygen atoms in total. The standard InChI is InChI=1S/C23H30N4O2/c1-4-21(27-14-13-18-7-5-6-8-19(18)16-27)15-24-23(29)25-20-9-11-22(12-10-20)26(3)17(2)28/h5-12,21H,4,13-16H2,1-3H3,(H2,24,25,29). The Labute approximate surface area is 172 Å². The van der Waals surface area contributed by atoms with Gasteiger partial charge in [-0.2, -0.15) is 0 Å². The third-order valence-corrected chi connectivity index (χ3v) is 5.63. The molecule has 2 aromatic carbocycles. The molecule has 0 fully saturated rings. The lowest BCUT2D eigenvalue weighted by Crippen LogP contribution is -2.46. The van der Waals surface area contributed by atoms with Crippen LogP contribution in [0.2, 0.25) is 0 Å². The number of hydrogen-bond acceptors (Lipinski definition) is 3. The molecule has 154 valence electrons. The predicted octanol–water partition coefficient (Wildman–Crippen LogP) is 3.63. The Hall–Kier alpha value is -2.86. The summed E-state index contributed by atoms with van der Waals surface area (Å²) in [7, 11) is 1.72. The summed E-state index contributed by atoms with van der Waals surface area (Å²) in [4.78, 5) is 27.8. The maximum Gasteiger partial charge on any atom is 0.319 e. The van der Waals surface area contributed by atoms with Crippen LogP contribution in [0.25, 0.3) is 0 Å². The van der Waals surface area contributed by atoms with Crippen LogP contribution in [-0.2, 0) is 17.8 Å². The Bertz CT molecular complexity index is 850. The zero-order chi connectivity index (χ0) is 20.8. The van der Waals surface area contributed by atoms with E-state index in [0.717, 1.165) is 31.6 Å². The summed E-state index contributed by atoms with van der Waals surface area (Å²) in [6, 6.07) is 15.9.